The maximum absolute atomic E-state index is 12.1. The summed E-state index contributed by atoms with van der Waals surface area (Å²) in [7, 11) is 0. The number of aryl methyl sites for hydroxylation is 1. The zero-order valence-corrected chi connectivity index (χ0v) is 16.4. The molecule has 140 valence electrons. The van der Waals surface area contributed by atoms with E-state index < -0.39 is 18.5 Å². The van der Waals surface area contributed by atoms with Crippen LogP contribution in [0.3, 0.4) is 0 Å². The molecule has 9 heteroatoms. The minimum Gasteiger partial charge on any atom is -0.454 e. The summed E-state index contributed by atoms with van der Waals surface area (Å²) in [6, 6.07) is 10.3. The molecule has 3 rings (SSSR count). The number of hydrogen-bond acceptors (Lipinski definition) is 4. The molecule has 27 heavy (non-hydrogen) atoms. The first-order chi connectivity index (χ1) is 12.8. The number of nitrogens with one attached hydrogen (secondary N) is 1. The van der Waals surface area contributed by atoms with E-state index in [0.29, 0.717) is 10.8 Å². The number of imidazole rings is 1. The van der Waals surface area contributed by atoms with Crippen LogP contribution in [0.4, 0.5) is 5.69 Å². The summed E-state index contributed by atoms with van der Waals surface area (Å²) in [5.41, 5.74) is 1.81. The van der Waals surface area contributed by atoms with Crippen molar-refractivity contribution in [1.29, 1.82) is 0 Å². The van der Waals surface area contributed by atoms with Crippen molar-refractivity contribution in [3.63, 3.8) is 0 Å². The number of fused-ring (bicyclic) bond motifs is 1. The van der Waals surface area contributed by atoms with E-state index >= 15 is 0 Å². The van der Waals surface area contributed by atoms with E-state index in [1.54, 1.807) is 11.5 Å². The molecule has 1 heterocycles. The van der Waals surface area contributed by atoms with Crippen molar-refractivity contribution in [3.8, 4) is 0 Å². The van der Waals surface area contributed by atoms with Crippen molar-refractivity contribution in [2.24, 2.45) is 0 Å². The van der Waals surface area contributed by atoms with Crippen molar-refractivity contribution >= 4 is 63.4 Å². The number of carbonyl (C=O) groups excluding carboxylic acids is 2. The maximum atomic E-state index is 12.1. The van der Waals surface area contributed by atoms with Crippen LogP contribution in [-0.4, -0.2) is 28.0 Å². The zero-order chi connectivity index (χ0) is 19.6. The molecule has 0 saturated carbocycles. The van der Waals surface area contributed by atoms with Crippen LogP contribution in [0.25, 0.3) is 11.0 Å². The van der Waals surface area contributed by atoms with E-state index in [0.717, 1.165) is 11.0 Å². The Balaban J connectivity index is 1.61. The average Bonchev–Trinajstić information content (AvgIpc) is 2.92. The third-order valence-corrected chi connectivity index (χ3v) is 4.58. The Morgan fingerprint density at radius 2 is 1.81 bits per heavy atom. The van der Waals surface area contributed by atoms with Gasteiger partial charge in [0.25, 0.3) is 5.91 Å². The number of para-hydroxylation sites is 2. The summed E-state index contributed by atoms with van der Waals surface area (Å²) in [6.45, 7) is 1.27. The van der Waals surface area contributed by atoms with E-state index in [4.69, 9.17) is 39.5 Å². The Hall–Kier alpha value is -2.28. The Morgan fingerprint density at radius 3 is 2.52 bits per heavy atom. The molecule has 6 nitrogen and oxygen atoms in total. The highest BCUT2D eigenvalue weighted by Crippen LogP contribution is 2.33. The number of aromatic nitrogens is 2. The Morgan fingerprint density at radius 1 is 1.15 bits per heavy atom. The molecule has 1 N–H and O–H groups in total. The van der Waals surface area contributed by atoms with Crippen LogP contribution in [0.5, 0.6) is 0 Å². The maximum Gasteiger partial charge on any atom is 0.326 e. The predicted octanol–water partition coefficient (Wildman–Crippen LogP) is 4.49. The van der Waals surface area contributed by atoms with Gasteiger partial charge in [0, 0.05) is 5.02 Å². The van der Waals surface area contributed by atoms with Crippen LogP contribution in [0, 0.1) is 6.92 Å². The molecule has 0 fully saturated rings. The number of benzene rings is 2. The number of anilines is 1. The largest absolute Gasteiger partial charge is 0.454 e. The van der Waals surface area contributed by atoms with Gasteiger partial charge in [-0.2, -0.15) is 0 Å². The number of ether oxygens (including phenoxy) is 1. The number of carbonyl (C=O) groups is 2. The number of halogens is 3. The number of nitrogens with zero attached hydrogens (tertiary/aromatic N) is 2. The summed E-state index contributed by atoms with van der Waals surface area (Å²) in [6.07, 6.45) is 0. The number of amides is 1. The Kier molecular flexibility index (Phi) is 5.89. The van der Waals surface area contributed by atoms with E-state index in [2.05, 4.69) is 10.3 Å². The molecule has 0 atom stereocenters. The second-order valence-corrected chi connectivity index (χ2v) is 6.94. The highest BCUT2D eigenvalue weighted by Gasteiger charge is 2.15. The molecule has 0 bridgehead atoms. The molecule has 3 aromatic rings. The first kappa shape index (κ1) is 19.5. The zero-order valence-electron chi connectivity index (χ0n) is 14.1. The van der Waals surface area contributed by atoms with Gasteiger partial charge in [-0.1, -0.05) is 46.9 Å². The Labute approximate surface area is 170 Å². The lowest BCUT2D eigenvalue weighted by atomic mass is 10.3. The lowest BCUT2D eigenvalue weighted by molar-refractivity contribution is -0.147. The first-order valence-corrected chi connectivity index (χ1v) is 9.00. The van der Waals surface area contributed by atoms with Gasteiger partial charge in [0.2, 0.25) is 0 Å². The summed E-state index contributed by atoms with van der Waals surface area (Å²) >= 11 is 17.8. The minimum absolute atomic E-state index is 0.0535. The molecular weight excluding hydrogens is 413 g/mol. The Bertz CT molecular complexity index is 1010. The topological polar surface area (TPSA) is 73.2 Å². The van der Waals surface area contributed by atoms with Gasteiger partial charge in [-0.3, -0.25) is 9.59 Å². The van der Waals surface area contributed by atoms with Gasteiger partial charge in [0.05, 0.1) is 26.8 Å². The molecule has 1 amide bonds. The van der Waals surface area contributed by atoms with Crippen molar-refractivity contribution in [3.05, 3.63) is 57.3 Å². The molecule has 0 aliphatic heterocycles. The van der Waals surface area contributed by atoms with Crippen LogP contribution in [0.1, 0.15) is 5.82 Å². The van der Waals surface area contributed by atoms with E-state index in [-0.39, 0.29) is 22.3 Å². The molecule has 0 aliphatic rings. The van der Waals surface area contributed by atoms with Gasteiger partial charge in [0.15, 0.2) is 6.61 Å². The van der Waals surface area contributed by atoms with Crippen LogP contribution in [0.15, 0.2) is 36.4 Å². The van der Waals surface area contributed by atoms with Crippen molar-refractivity contribution in [1.82, 2.24) is 9.55 Å². The quantitative estimate of drug-likeness (QED) is 0.610. The van der Waals surface area contributed by atoms with Gasteiger partial charge in [-0.05, 0) is 31.2 Å². The van der Waals surface area contributed by atoms with Crippen molar-refractivity contribution in [2.45, 2.75) is 13.5 Å². The van der Waals surface area contributed by atoms with E-state index in [1.807, 2.05) is 24.3 Å². The van der Waals surface area contributed by atoms with Gasteiger partial charge in [-0.15, -0.1) is 0 Å². The summed E-state index contributed by atoms with van der Waals surface area (Å²) in [4.78, 5) is 28.5. The molecule has 0 unspecified atom stereocenters. The number of esters is 1. The molecule has 2 aromatic carbocycles. The number of hydrogen-bond donors (Lipinski definition) is 1. The fourth-order valence-corrected chi connectivity index (χ4v) is 3.46. The van der Waals surface area contributed by atoms with Crippen LogP contribution in [-0.2, 0) is 20.9 Å². The molecule has 0 aliphatic carbocycles. The molecule has 0 radical (unpaired) electrons. The third-order valence-electron chi connectivity index (χ3n) is 3.77. The van der Waals surface area contributed by atoms with E-state index in [1.165, 1.54) is 12.1 Å². The fourth-order valence-electron chi connectivity index (χ4n) is 2.55. The summed E-state index contributed by atoms with van der Waals surface area (Å²) in [5, 5.41) is 3.22. The standard InChI is InChI=1S/C18H14Cl3N3O3/c1-10-22-14-4-2-3-5-15(14)24(10)8-17(26)27-9-16(25)23-18-12(20)6-11(19)7-13(18)21/h2-7H,8-9H2,1H3,(H,23,25). The molecule has 0 spiro atoms. The van der Waals surface area contributed by atoms with Gasteiger partial charge >= 0.3 is 5.97 Å². The van der Waals surface area contributed by atoms with Crippen LogP contribution < -0.4 is 5.32 Å². The van der Waals surface area contributed by atoms with Crippen LogP contribution in [0.2, 0.25) is 15.1 Å². The summed E-state index contributed by atoms with van der Waals surface area (Å²) < 4.78 is 6.77. The second-order valence-electron chi connectivity index (χ2n) is 5.69. The minimum atomic E-state index is -0.568. The first-order valence-electron chi connectivity index (χ1n) is 7.87. The lowest BCUT2D eigenvalue weighted by Crippen LogP contribution is -2.23. The smallest absolute Gasteiger partial charge is 0.326 e. The van der Waals surface area contributed by atoms with E-state index in [9.17, 15) is 9.59 Å². The lowest BCUT2D eigenvalue weighted by Gasteiger charge is -2.11. The fraction of sp³-hybridized carbons (Fsp3) is 0.167. The third kappa shape index (κ3) is 4.53. The SMILES string of the molecule is Cc1nc2ccccc2n1CC(=O)OCC(=O)Nc1c(Cl)cc(Cl)cc1Cl. The van der Waals surface area contributed by atoms with Gasteiger partial charge in [0.1, 0.15) is 12.4 Å². The highest BCUT2D eigenvalue weighted by atomic mass is 35.5. The normalized spacial score (nSPS) is 10.8. The summed E-state index contributed by atoms with van der Waals surface area (Å²) in [5.74, 6) is -0.455. The van der Waals surface area contributed by atoms with Gasteiger partial charge in [-0.25, -0.2) is 4.98 Å². The molecular formula is C18H14Cl3N3O3. The predicted molar refractivity (Wildman–Crippen MR) is 106 cm³/mol. The molecule has 1 aromatic heterocycles. The van der Waals surface area contributed by atoms with Gasteiger partial charge < -0.3 is 14.6 Å². The second kappa shape index (κ2) is 8.17. The van der Waals surface area contributed by atoms with Crippen molar-refractivity contribution < 1.29 is 14.3 Å². The monoisotopic (exact) mass is 425 g/mol. The number of rotatable bonds is 5. The highest BCUT2D eigenvalue weighted by molar-refractivity contribution is 6.42. The van der Waals surface area contributed by atoms with Crippen molar-refractivity contribution in [2.75, 3.05) is 11.9 Å². The molecule has 0 saturated heterocycles. The average molecular weight is 427 g/mol. The van der Waals surface area contributed by atoms with Crippen LogP contribution >= 0.6 is 34.8 Å².